The number of ether oxygens (including phenoxy) is 1. The van der Waals surface area contributed by atoms with E-state index in [0.717, 1.165) is 30.8 Å². The Morgan fingerprint density at radius 3 is 2.04 bits per heavy atom. The van der Waals surface area contributed by atoms with Crippen LogP contribution in [0.5, 0.6) is 0 Å². The Labute approximate surface area is 156 Å². The summed E-state index contributed by atoms with van der Waals surface area (Å²) in [6.07, 6.45) is 2.51. The number of amides is 1. The van der Waals surface area contributed by atoms with Crippen LogP contribution in [0, 0.1) is 0 Å². The highest BCUT2D eigenvalue weighted by Gasteiger charge is 2.42. The zero-order valence-corrected chi connectivity index (χ0v) is 15.5. The fraction of sp³-hybridized carbons (Fsp3) is 0.409. The maximum atomic E-state index is 13.4. The number of carbonyl (C=O) groups is 1. The van der Waals surface area contributed by atoms with Crippen LogP contribution in [0.4, 0.5) is 0 Å². The molecule has 0 radical (unpaired) electrons. The molecule has 1 amide bonds. The Morgan fingerprint density at radius 1 is 1.00 bits per heavy atom. The minimum Gasteiger partial charge on any atom is -0.356 e. The molecule has 1 aliphatic rings. The van der Waals surface area contributed by atoms with Gasteiger partial charge in [-0.2, -0.15) is 0 Å². The molecule has 0 spiro atoms. The van der Waals surface area contributed by atoms with Crippen LogP contribution in [0.25, 0.3) is 0 Å². The maximum Gasteiger partial charge on any atom is 0.261 e. The van der Waals surface area contributed by atoms with Crippen molar-refractivity contribution in [3.8, 4) is 0 Å². The van der Waals surface area contributed by atoms with E-state index >= 15 is 0 Å². The molecule has 1 aliphatic heterocycles. The molecule has 0 atom stereocenters. The van der Waals surface area contributed by atoms with Crippen molar-refractivity contribution in [2.24, 2.45) is 0 Å². The average molecular weight is 352 g/mol. The molecule has 1 fully saturated rings. The molecule has 1 saturated heterocycles. The van der Waals surface area contributed by atoms with Gasteiger partial charge in [0.15, 0.2) is 5.60 Å². The summed E-state index contributed by atoms with van der Waals surface area (Å²) in [6.45, 7) is 6.15. The number of hydrogen-bond acceptors (Lipinski definition) is 3. The molecule has 0 bridgehead atoms. The smallest absolute Gasteiger partial charge is 0.261 e. The Kier molecular flexibility index (Phi) is 6.42. The van der Waals surface area contributed by atoms with Crippen molar-refractivity contribution in [3.63, 3.8) is 0 Å². The first kappa shape index (κ1) is 18.6. The molecule has 4 nitrogen and oxygen atoms in total. The van der Waals surface area contributed by atoms with Crippen molar-refractivity contribution in [2.45, 2.75) is 25.4 Å². The van der Waals surface area contributed by atoms with Crippen LogP contribution < -0.4 is 5.32 Å². The molecule has 0 saturated carbocycles. The summed E-state index contributed by atoms with van der Waals surface area (Å²) in [7, 11) is 0. The number of nitrogens with one attached hydrogen (secondary N) is 1. The van der Waals surface area contributed by atoms with E-state index in [1.807, 2.05) is 67.6 Å². The lowest BCUT2D eigenvalue weighted by atomic mass is 9.85. The lowest BCUT2D eigenvalue weighted by Gasteiger charge is -2.33. The van der Waals surface area contributed by atoms with Crippen LogP contribution >= 0.6 is 0 Å². The van der Waals surface area contributed by atoms with Crippen molar-refractivity contribution in [2.75, 3.05) is 32.8 Å². The van der Waals surface area contributed by atoms with Gasteiger partial charge in [-0.15, -0.1) is 0 Å². The number of rotatable bonds is 8. The summed E-state index contributed by atoms with van der Waals surface area (Å²) in [6, 6.07) is 19.5. The highest BCUT2D eigenvalue weighted by molar-refractivity contribution is 5.90. The van der Waals surface area contributed by atoms with E-state index in [-0.39, 0.29) is 5.91 Å². The number of carbonyl (C=O) groups excluding carboxylic acids is 1. The summed E-state index contributed by atoms with van der Waals surface area (Å²) in [5.41, 5.74) is 0.584. The highest BCUT2D eigenvalue weighted by atomic mass is 16.5. The van der Waals surface area contributed by atoms with Crippen LogP contribution in [0.1, 0.15) is 30.9 Å². The van der Waals surface area contributed by atoms with E-state index in [9.17, 15) is 4.79 Å². The molecule has 2 aromatic carbocycles. The highest BCUT2D eigenvalue weighted by Crippen LogP contribution is 2.34. The van der Waals surface area contributed by atoms with E-state index in [2.05, 4.69) is 10.2 Å². The van der Waals surface area contributed by atoms with Crippen LogP contribution in [0.2, 0.25) is 0 Å². The molecule has 0 aliphatic carbocycles. The molecular formula is C22H28N2O2. The molecule has 0 unspecified atom stereocenters. The van der Waals surface area contributed by atoms with Crippen molar-refractivity contribution < 1.29 is 9.53 Å². The predicted molar refractivity (Wildman–Crippen MR) is 104 cm³/mol. The monoisotopic (exact) mass is 352 g/mol. The van der Waals surface area contributed by atoms with Gasteiger partial charge in [0.25, 0.3) is 5.91 Å². The first-order valence-corrected chi connectivity index (χ1v) is 9.53. The minimum atomic E-state index is -1.12. The van der Waals surface area contributed by atoms with Gasteiger partial charge in [0.2, 0.25) is 0 Å². The second-order valence-electron chi connectivity index (χ2n) is 6.65. The van der Waals surface area contributed by atoms with Crippen molar-refractivity contribution in [1.82, 2.24) is 10.2 Å². The van der Waals surface area contributed by atoms with E-state index in [1.165, 1.54) is 12.8 Å². The molecule has 4 heteroatoms. The van der Waals surface area contributed by atoms with E-state index < -0.39 is 5.60 Å². The fourth-order valence-electron chi connectivity index (χ4n) is 3.68. The van der Waals surface area contributed by atoms with Gasteiger partial charge in [-0.3, -0.25) is 4.79 Å². The maximum absolute atomic E-state index is 13.4. The lowest BCUT2D eigenvalue weighted by Crippen LogP contribution is -2.49. The van der Waals surface area contributed by atoms with Gasteiger partial charge in [-0.25, -0.2) is 0 Å². The van der Waals surface area contributed by atoms with Gasteiger partial charge >= 0.3 is 0 Å². The molecule has 1 N–H and O–H groups in total. The van der Waals surface area contributed by atoms with Gasteiger partial charge < -0.3 is 15.0 Å². The van der Waals surface area contributed by atoms with E-state index in [0.29, 0.717) is 13.2 Å². The summed E-state index contributed by atoms with van der Waals surface area (Å²) in [4.78, 5) is 15.8. The molecule has 0 aromatic heterocycles. The average Bonchev–Trinajstić information content (AvgIpc) is 3.21. The zero-order chi connectivity index (χ0) is 18.2. The number of nitrogens with zero attached hydrogens (tertiary/aromatic N) is 1. The molecule has 26 heavy (non-hydrogen) atoms. The minimum absolute atomic E-state index is 0.101. The third kappa shape index (κ3) is 3.97. The van der Waals surface area contributed by atoms with Gasteiger partial charge in [-0.1, -0.05) is 60.7 Å². The summed E-state index contributed by atoms with van der Waals surface area (Å²) >= 11 is 0. The predicted octanol–water partition coefficient (Wildman–Crippen LogP) is 3.18. The fourth-order valence-corrected chi connectivity index (χ4v) is 3.68. The number of likely N-dealkylation sites (tertiary alicyclic amines) is 1. The first-order valence-electron chi connectivity index (χ1n) is 9.53. The second-order valence-corrected chi connectivity index (χ2v) is 6.65. The van der Waals surface area contributed by atoms with Gasteiger partial charge in [0.05, 0.1) is 0 Å². The van der Waals surface area contributed by atoms with Gasteiger partial charge in [0, 0.05) is 19.7 Å². The SMILES string of the molecule is CCOC(C(=O)NCCN1CCCC1)(c1ccccc1)c1ccccc1. The van der Waals surface area contributed by atoms with Gasteiger partial charge in [0.1, 0.15) is 0 Å². The van der Waals surface area contributed by atoms with Crippen LogP contribution in [-0.4, -0.2) is 43.6 Å². The van der Waals surface area contributed by atoms with Crippen LogP contribution in [0.3, 0.4) is 0 Å². The summed E-state index contributed by atoms with van der Waals surface area (Å²) in [5.74, 6) is -0.101. The molecule has 138 valence electrons. The van der Waals surface area contributed by atoms with Crippen LogP contribution in [-0.2, 0) is 15.1 Å². The lowest BCUT2D eigenvalue weighted by molar-refractivity contribution is -0.142. The Bertz CT molecular complexity index is 642. The molecular weight excluding hydrogens is 324 g/mol. The summed E-state index contributed by atoms with van der Waals surface area (Å²) < 4.78 is 6.16. The standard InChI is InChI=1S/C22H28N2O2/c1-2-26-22(19-11-5-3-6-12-19,20-13-7-4-8-14-20)21(25)23-15-18-24-16-9-10-17-24/h3-8,11-14H,2,9-10,15-18H2,1H3,(H,23,25). The van der Waals surface area contributed by atoms with Crippen molar-refractivity contribution >= 4 is 5.91 Å². The Balaban J connectivity index is 1.87. The Hall–Kier alpha value is -2.17. The van der Waals surface area contributed by atoms with Crippen molar-refractivity contribution in [1.29, 1.82) is 0 Å². The summed E-state index contributed by atoms with van der Waals surface area (Å²) in [5, 5.41) is 3.13. The quantitative estimate of drug-likeness (QED) is 0.793. The molecule has 3 rings (SSSR count). The van der Waals surface area contributed by atoms with E-state index in [4.69, 9.17) is 4.74 Å². The van der Waals surface area contributed by atoms with Crippen molar-refractivity contribution in [3.05, 3.63) is 71.8 Å². The normalized spacial score (nSPS) is 15.1. The topological polar surface area (TPSA) is 41.6 Å². The molecule has 2 aromatic rings. The second kappa shape index (κ2) is 8.97. The Morgan fingerprint density at radius 2 is 1.54 bits per heavy atom. The third-order valence-corrected chi connectivity index (χ3v) is 4.95. The zero-order valence-electron chi connectivity index (χ0n) is 15.5. The van der Waals surface area contributed by atoms with Crippen LogP contribution in [0.15, 0.2) is 60.7 Å². The largest absolute Gasteiger partial charge is 0.356 e. The van der Waals surface area contributed by atoms with E-state index in [1.54, 1.807) is 0 Å². The number of hydrogen-bond donors (Lipinski definition) is 1. The third-order valence-electron chi connectivity index (χ3n) is 4.95. The first-order chi connectivity index (χ1) is 12.8. The number of benzene rings is 2. The molecule has 1 heterocycles. The van der Waals surface area contributed by atoms with Gasteiger partial charge in [-0.05, 0) is 44.0 Å².